The van der Waals surface area contributed by atoms with Crippen LogP contribution >= 0.6 is 0 Å². The minimum atomic E-state index is 1.18. The van der Waals surface area contributed by atoms with Gasteiger partial charge in [-0.2, -0.15) is 0 Å². The topological polar surface area (TPSA) is 19.4 Å². The molecule has 2 aliphatic rings. The van der Waals surface area contributed by atoms with Gasteiger partial charge in [-0.3, -0.25) is 9.80 Å². The standard InChI is InChI=1S/C22H48N6/c1-5-23-9-10-24(6-2)14-18-27(17-13-23)21-22-28-19-15-25(7-3)11-12-26(8-4)16-20-28/h5-22H2,1-4H3. The van der Waals surface area contributed by atoms with Crippen LogP contribution in [0.15, 0.2) is 0 Å². The average molecular weight is 397 g/mol. The normalized spacial score (nSPS) is 24.9. The fourth-order valence-electron chi connectivity index (χ4n) is 4.36. The van der Waals surface area contributed by atoms with Crippen LogP contribution in [-0.2, 0) is 0 Å². The Labute approximate surface area is 175 Å². The summed E-state index contributed by atoms with van der Waals surface area (Å²) in [5, 5.41) is 0. The zero-order valence-electron chi connectivity index (χ0n) is 19.4. The Morgan fingerprint density at radius 1 is 0.321 bits per heavy atom. The van der Waals surface area contributed by atoms with Gasteiger partial charge in [0, 0.05) is 91.6 Å². The van der Waals surface area contributed by atoms with Crippen LogP contribution in [0.1, 0.15) is 27.7 Å². The first-order chi connectivity index (χ1) is 13.7. The maximum absolute atomic E-state index is 2.72. The van der Waals surface area contributed by atoms with Gasteiger partial charge in [0.1, 0.15) is 0 Å². The lowest BCUT2D eigenvalue weighted by Gasteiger charge is -2.30. The van der Waals surface area contributed by atoms with Crippen molar-refractivity contribution in [2.45, 2.75) is 27.7 Å². The molecule has 6 heteroatoms. The van der Waals surface area contributed by atoms with Crippen molar-refractivity contribution in [1.82, 2.24) is 29.4 Å². The predicted octanol–water partition coefficient (Wildman–Crippen LogP) is 0.905. The molecule has 0 spiro atoms. The molecule has 166 valence electrons. The molecular formula is C22H48N6. The van der Waals surface area contributed by atoms with E-state index in [0.717, 1.165) is 0 Å². The molecule has 28 heavy (non-hydrogen) atoms. The Hall–Kier alpha value is -0.240. The molecule has 0 atom stereocenters. The van der Waals surface area contributed by atoms with Gasteiger partial charge in [0.05, 0.1) is 0 Å². The number of hydrogen-bond donors (Lipinski definition) is 0. The molecule has 6 nitrogen and oxygen atoms in total. The molecule has 0 N–H and O–H groups in total. The van der Waals surface area contributed by atoms with Gasteiger partial charge in [-0.1, -0.05) is 27.7 Å². The molecule has 2 fully saturated rings. The molecule has 2 saturated heterocycles. The van der Waals surface area contributed by atoms with Gasteiger partial charge in [0.25, 0.3) is 0 Å². The van der Waals surface area contributed by atoms with Crippen molar-refractivity contribution in [1.29, 1.82) is 0 Å². The SMILES string of the molecule is CCN1CCN(CC)CCN(CCN2CCN(CC)CCN(CC)CC2)CC1. The molecule has 0 aromatic heterocycles. The fourth-order valence-corrected chi connectivity index (χ4v) is 4.36. The van der Waals surface area contributed by atoms with E-state index in [2.05, 4.69) is 57.1 Å². The Morgan fingerprint density at radius 2 is 0.500 bits per heavy atom. The average Bonchev–Trinajstić information content (AvgIpc) is 2.89. The summed E-state index contributed by atoms with van der Waals surface area (Å²) in [4.78, 5) is 15.9. The van der Waals surface area contributed by atoms with Gasteiger partial charge < -0.3 is 19.6 Å². The predicted molar refractivity (Wildman–Crippen MR) is 121 cm³/mol. The highest BCUT2D eigenvalue weighted by atomic mass is 15.3. The van der Waals surface area contributed by atoms with Crippen molar-refractivity contribution in [2.24, 2.45) is 0 Å². The van der Waals surface area contributed by atoms with E-state index >= 15 is 0 Å². The van der Waals surface area contributed by atoms with Crippen molar-refractivity contribution < 1.29 is 0 Å². The molecular weight excluding hydrogens is 348 g/mol. The van der Waals surface area contributed by atoms with E-state index in [4.69, 9.17) is 0 Å². The molecule has 0 aromatic rings. The Kier molecular flexibility index (Phi) is 11.9. The smallest absolute Gasteiger partial charge is 0.0110 e. The van der Waals surface area contributed by atoms with Gasteiger partial charge in [-0.15, -0.1) is 0 Å². The van der Waals surface area contributed by atoms with Crippen molar-refractivity contribution in [3.8, 4) is 0 Å². The quantitative estimate of drug-likeness (QED) is 0.632. The second kappa shape index (κ2) is 13.9. The zero-order chi connectivity index (χ0) is 20.2. The first-order valence-electron chi connectivity index (χ1n) is 12.0. The third-order valence-electron chi connectivity index (χ3n) is 6.92. The molecule has 0 aromatic carbocycles. The number of hydrogen-bond acceptors (Lipinski definition) is 6. The largest absolute Gasteiger partial charge is 0.301 e. The number of nitrogens with zero attached hydrogens (tertiary/aromatic N) is 6. The van der Waals surface area contributed by atoms with E-state index in [0.29, 0.717) is 0 Å². The van der Waals surface area contributed by atoms with E-state index in [9.17, 15) is 0 Å². The van der Waals surface area contributed by atoms with Crippen LogP contribution in [0.25, 0.3) is 0 Å². The maximum Gasteiger partial charge on any atom is 0.0110 e. The molecule has 2 rings (SSSR count). The molecule has 0 amide bonds. The summed E-state index contributed by atoms with van der Waals surface area (Å²) in [5.74, 6) is 0. The van der Waals surface area contributed by atoms with Crippen LogP contribution in [-0.4, -0.2) is 147 Å². The molecule has 0 unspecified atom stereocenters. The van der Waals surface area contributed by atoms with Crippen LogP contribution in [0.5, 0.6) is 0 Å². The summed E-state index contributed by atoms with van der Waals surface area (Å²) in [5.41, 5.74) is 0. The van der Waals surface area contributed by atoms with Crippen molar-refractivity contribution in [3.05, 3.63) is 0 Å². The fraction of sp³-hybridized carbons (Fsp3) is 1.00. The summed E-state index contributed by atoms with van der Waals surface area (Å²) in [6.07, 6.45) is 0. The summed E-state index contributed by atoms with van der Waals surface area (Å²) in [6, 6.07) is 0. The summed E-state index contributed by atoms with van der Waals surface area (Å²) < 4.78 is 0. The molecule has 2 heterocycles. The van der Waals surface area contributed by atoms with E-state index in [1.54, 1.807) is 0 Å². The van der Waals surface area contributed by atoms with E-state index in [1.807, 2.05) is 0 Å². The third kappa shape index (κ3) is 8.64. The highest BCUT2D eigenvalue weighted by molar-refractivity contribution is 4.74. The lowest BCUT2D eigenvalue weighted by molar-refractivity contribution is 0.169. The first kappa shape index (κ1) is 24.0. The molecule has 2 aliphatic heterocycles. The first-order valence-corrected chi connectivity index (χ1v) is 12.0. The second-order valence-electron chi connectivity index (χ2n) is 8.42. The summed E-state index contributed by atoms with van der Waals surface area (Å²) in [6.45, 7) is 31.1. The highest BCUT2D eigenvalue weighted by Gasteiger charge is 2.18. The lowest BCUT2D eigenvalue weighted by Crippen LogP contribution is -2.43. The third-order valence-corrected chi connectivity index (χ3v) is 6.92. The summed E-state index contributed by atoms with van der Waals surface area (Å²) in [7, 11) is 0. The van der Waals surface area contributed by atoms with Crippen LogP contribution in [0.3, 0.4) is 0 Å². The monoisotopic (exact) mass is 396 g/mol. The lowest BCUT2D eigenvalue weighted by atomic mass is 10.3. The minimum Gasteiger partial charge on any atom is -0.301 e. The van der Waals surface area contributed by atoms with Crippen molar-refractivity contribution >= 4 is 0 Å². The van der Waals surface area contributed by atoms with Crippen LogP contribution < -0.4 is 0 Å². The van der Waals surface area contributed by atoms with Gasteiger partial charge >= 0.3 is 0 Å². The van der Waals surface area contributed by atoms with Crippen LogP contribution in [0, 0.1) is 0 Å². The zero-order valence-corrected chi connectivity index (χ0v) is 19.4. The van der Waals surface area contributed by atoms with Crippen LogP contribution in [0.4, 0.5) is 0 Å². The summed E-state index contributed by atoms with van der Waals surface area (Å²) >= 11 is 0. The van der Waals surface area contributed by atoms with Gasteiger partial charge in [0.15, 0.2) is 0 Å². The van der Waals surface area contributed by atoms with E-state index in [1.165, 1.54) is 118 Å². The second-order valence-corrected chi connectivity index (χ2v) is 8.42. The van der Waals surface area contributed by atoms with Gasteiger partial charge in [-0.25, -0.2) is 0 Å². The van der Waals surface area contributed by atoms with Crippen molar-refractivity contribution in [2.75, 3.05) is 118 Å². The maximum atomic E-state index is 2.72. The Bertz CT molecular complexity index is 325. The Morgan fingerprint density at radius 3 is 0.679 bits per heavy atom. The molecule has 0 aliphatic carbocycles. The van der Waals surface area contributed by atoms with Crippen LogP contribution in [0.2, 0.25) is 0 Å². The van der Waals surface area contributed by atoms with E-state index < -0.39 is 0 Å². The van der Waals surface area contributed by atoms with Crippen molar-refractivity contribution in [3.63, 3.8) is 0 Å². The Balaban J connectivity index is 1.87. The number of rotatable bonds is 7. The van der Waals surface area contributed by atoms with E-state index in [-0.39, 0.29) is 0 Å². The van der Waals surface area contributed by atoms with Gasteiger partial charge in [0.2, 0.25) is 0 Å². The minimum absolute atomic E-state index is 1.18. The molecule has 0 saturated carbocycles. The highest BCUT2D eigenvalue weighted by Crippen LogP contribution is 2.03. The molecule has 0 bridgehead atoms. The number of likely N-dealkylation sites (N-methyl/N-ethyl adjacent to an activating group) is 4. The molecule has 0 radical (unpaired) electrons. The van der Waals surface area contributed by atoms with Gasteiger partial charge in [-0.05, 0) is 26.2 Å².